The van der Waals surface area contributed by atoms with Gasteiger partial charge in [0.1, 0.15) is 0 Å². The topological polar surface area (TPSA) is 51.2 Å². The van der Waals surface area contributed by atoms with E-state index in [9.17, 15) is 4.79 Å². The average molecular weight is 296 g/mol. The number of pyridine rings is 1. The van der Waals surface area contributed by atoms with E-state index in [-0.39, 0.29) is 5.97 Å². The summed E-state index contributed by atoms with van der Waals surface area (Å²) in [4.78, 5) is 15.3. The summed E-state index contributed by atoms with van der Waals surface area (Å²) in [6, 6.07) is 14.0. The minimum Gasteiger partial charge on any atom is -0.466 e. The number of nitrogens with one attached hydrogen (secondary N) is 1. The summed E-state index contributed by atoms with van der Waals surface area (Å²) < 4.78 is 4.56. The molecule has 1 N–H and O–H groups in total. The number of methoxy groups -OCH3 is 1. The standard InChI is InChI=1S/C18H20N2O2/c1-22-18(21)10-9-15-5-7-16(8-6-15)14-19-13-11-17-4-2-3-12-20-17/h2-10,12,19H,11,13-14H2,1H3/b10-9+. The molecule has 0 unspecified atom stereocenters. The third kappa shape index (κ3) is 5.50. The number of rotatable bonds is 7. The lowest BCUT2D eigenvalue weighted by Crippen LogP contribution is -2.17. The lowest BCUT2D eigenvalue weighted by atomic mass is 10.1. The molecule has 4 heteroatoms. The van der Waals surface area contributed by atoms with Gasteiger partial charge in [0.2, 0.25) is 0 Å². The van der Waals surface area contributed by atoms with Crippen LogP contribution in [0.15, 0.2) is 54.7 Å². The summed E-state index contributed by atoms with van der Waals surface area (Å²) in [6.07, 6.45) is 5.89. The molecule has 4 nitrogen and oxygen atoms in total. The first-order valence-corrected chi connectivity index (χ1v) is 7.23. The van der Waals surface area contributed by atoms with Crippen LogP contribution in [-0.2, 0) is 22.5 Å². The third-order valence-corrected chi connectivity index (χ3v) is 3.21. The molecule has 1 heterocycles. The van der Waals surface area contributed by atoms with Crippen molar-refractivity contribution < 1.29 is 9.53 Å². The SMILES string of the molecule is COC(=O)/C=C/c1ccc(CNCCc2ccccn2)cc1. The Hall–Kier alpha value is -2.46. The van der Waals surface area contributed by atoms with Crippen molar-refractivity contribution in [2.24, 2.45) is 0 Å². The van der Waals surface area contributed by atoms with Crippen LogP contribution in [0.5, 0.6) is 0 Å². The summed E-state index contributed by atoms with van der Waals surface area (Å²) in [5, 5.41) is 3.40. The van der Waals surface area contributed by atoms with Gasteiger partial charge in [0.05, 0.1) is 7.11 Å². The van der Waals surface area contributed by atoms with Crippen LogP contribution < -0.4 is 5.32 Å². The molecule has 1 aromatic carbocycles. The molecule has 0 aliphatic heterocycles. The molecule has 0 fully saturated rings. The van der Waals surface area contributed by atoms with Crippen molar-refractivity contribution >= 4 is 12.0 Å². The van der Waals surface area contributed by atoms with Crippen LogP contribution in [-0.4, -0.2) is 24.6 Å². The fourth-order valence-electron chi connectivity index (χ4n) is 1.97. The summed E-state index contributed by atoms with van der Waals surface area (Å²) in [5.41, 5.74) is 3.28. The first kappa shape index (κ1) is 15.9. The van der Waals surface area contributed by atoms with Crippen LogP contribution in [0.1, 0.15) is 16.8 Å². The van der Waals surface area contributed by atoms with E-state index in [2.05, 4.69) is 15.0 Å². The fourth-order valence-corrected chi connectivity index (χ4v) is 1.97. The highest BCUT2D eigenvalue weighted by Gasteiger charge is 1.96. The van der Waals surface area contributed by atoms with Crippen LogP contribution in [0.4, 0.5) is 0 Å². The number of esters is 1. The lowest BCUT2D eigenvalue weighted by Gasteiger charge is -2.05. The van der Waals surface area contributed by atoms with Crippen molar-refractivity contribution in [1.82, 2.24) is 10.3 Å². The van der Waals surface area contributed by atoms with Crippen LogP contribution in [0.3, 0.4) is 0 Å². The van der Waals surface area contributed by atoms with E-state index >= 15 is 0 Å². The number of benzene rings is 1. The maximum Gasteiger partial charge on any atom is 0.330 e. The van der Waals surface area contributed by atoms with Crippen LogP contribution in [0.2, 0.25) is 0 Å². The molecule has 2 rings (SSSR count). The Kier molecular flexibility index (Phi) is 6.33. The minimum atomic E-state index is -0.347. The number of aromatic nitrogens is 1. The normalized spacial score (nSPS) is 10.8. The van der Waals surface area contributed by atoms with Gasteiger partial charge in [0, 0.05) is 37.5 Å². The zero-order valence-corrected chi connectivity index (χ0v) is 12.7. The average Bonchev–Trinajstić information content (AvgIpc) is 2.58. The van der Waals surface area contributed by atoms with Gasteiger partial charge in [-0.25, -0.2) is 4.79 Å². The smallest absolute Gasteiger partial charge is 0.330 e. The number of carbonyl (C=O) groups excluding carboxylic acids is 1. The third-order valence-electron chi connectivity index (χ3n) is 3.21. The second-order valence-corrected chi connectivity index (χ2v) is 4.85. The van der Waals surface area contributed by atoms with Crippen molar-refractivity contribution in [2.45, 2.75) is 13.0 Å². The molecule has 0 aliphatic carbocycles. The van der Waals surface area contributed by atoms with E-state index in [0.29, 0.717) is 0 Å². The summed E-state index contributed by atoms with van der Waals surface area (Å²) in [6.45, 7) is 1.70. The second kappa shape index (κ2) is 8.74. The molecule has 22 heavy (non-hydrogen) atoms. The Labute approximate surface area is 130 Å². The van der Waals surface area contributed by atoms with Crippen molar-refractivity contribution in [1.29, 1.82) is 0 Å². The predicted octanol–water partition coefficient (Wildman–Crippen LogP) is 2.60. The van der Waals surface area contributed by atoms with Crippen LogP contribution in [0.25, 0.3) is 6.08 Å². The Balaban J connectivity index is 1.74. The predicted molar refractivity (Wildman–Crippen MR) is 87.1 cm³/mol. The molecule has 0 bridgehead atoms. The first-order valence-electron chi connectivity index (χ1n) is 7.23. The van der Waals surface area contributed by atoms with Crippen molar-refractivity contribution in [2.75, 3.05) is 13.7 Å². The Morgan fingerprint density at radius 2 is 2.05 bits per heavy atom. The van der Waals surface area contributed by atoms with Crippen molar-refractivity contribution in [3.05, 3.63) is 71.6 Å². The largest absolute Gasteiger partial charge is 0.466 e. The van der Waals surface area contributed by atoms with Gasteiger partial charge in [-0.05, 0) is 29.3 Å². The lowest BCUT2D eigenvalue weighted by molar-refractivity contribution is -0.134. The van der Waals surface area contributed by atoms with E-state index in [4.69, 9.17) is 0 Å². The Morgan fingerprint density at radius 1 is 1.23 bits per heavy atom. The van der Waals surface area contributed by atoms with Gasteiger partial charge >= 0.3 is 5.97 Å². The quantitative estimate of drug-likeness (QED) is 0.485. The summed E-state index contributed by atoms with van der Waals surface area (Å²) >= 11 is 0. The second-order valence-electron chi connectivity index (χ2n) is 4.85. The minimum absolute atomic E-state index is 0.347. The van der Waals surface area contributed by atoms with Gasteiger partial charge in [0.25, 0.3) is 0 Å². The van der Waals surface area contributed by atoms with Gasteiger partial charge < -0.3 is 10.1 Å². The first-order chi connectivity index (χ1) is 10.8. The number of ether oxygens (including phenoxy) is 1. The van der Waals surface area contributed by atoms with E-state index in [0.717, 1.165) is 30.8 Å². The number of carbonyl (C=O) groups is 1. The molecule has 0 amide bonds. The van der Waals surface area contributed by atoms with Gasteiger partial charge in [-0.15, -0.1) is 0 Å². The highest BCUT2D eigenvalue weighted by molar-refractivity contribution is 5.86. The van der Waals surface area contributed by atoms with Gasteiger partial charge in [-0.1, -0.05) is 30.3 Å². The summed E-state index contributed by atoms with van der Waals surface area (Å²) in [5.74, 6) is -0.347. The van der Waals surface area contributed by atoms with E-state index in [1.54, 1.807) is 6.08 Å². The van der Waals surface area contributed by atoms with Crippen molar-refractivity contribution in [3.8, 4) is 0 Å². The summed E-state index contributed by atoms with van der Waals surface area (Å²) in [7, 11) is 1.37. The van der Waals surface area contributed by atoms with E-state index in [1.165, 1.54) is 18.7 Å². The Morgan fingerprint density at radius 3 is 2.73 bits per heavy atom. The molecule has 0 saturated carbocycles. The maximum atomic E-state index is 11.0. The molecule has 0 aliphatic rings. The zero-order valence-electron chi connectivity index (χ0n) is 12.7. The molecule has 0 saturated heterocycles. The highest BCUT2D eigenvalue weighted by Crippen LogP contribution is 2.06. The van der Waals surface area contributed by atoms with Gasteiger partial charge in [-0.3, -0.25) is 4.98 Å². The number of hydrogen-bond acceptors (Lipinski definition) is 4. The molecule has 114 valence electrons. The molecule has 1 aromatic heterocycles. The Bertz CT molecular complexity index is 607. The van der Waals surface area contributed by atoms with E-state index < -0.39 is 0 Å². The molecular formula is C18H20N2O2. The highest BCUT2D eigenvalue weighted by atomic mass is 16.5. The zero-order chi connectivity index (χ0) is 15.6. The maximum absolute atomic E-state index is 11.0. The van der Waals surface area contributed by atoms with Gasteiger partial charge in [-0.2, -0.15) is 0 Å². The fraction of sp³-hybridized carbons (Fsp3) is 0.222. The number of hydrogen-bond donors (Lipinski definition) is 1. The molecule has 0 atom stereocenters. The molecule has 0 spiro atoms. The number of nitrogens with zero attached hydrogens (tertiary/aromatic N) is 1. The van der Waals surface area contributed by atoms with Crippen LogP contribution in [0, 0.1) is 0 Å². The van der Waals surface area contributed by atoms with Crippen LogP contribution >= 0.6 is 0 Å². The van der Waals surface area contributed by atoms with E-state index in [1.807, 2.05) is 48.7 Å². The molecule has 0 radical (unpaired) electrons. The molecular weight excluding hydrogens is 276 g/mol. The molecule has 2 aromatic rings. The van der Waals surface area contributed by atoms with Crippen molar-refractivity contribution in [3.63, 3.8) is 0 Å². The monoisotopic (exact) mass is 296 g/mol. The van der Waals surface area contributed by atoms with Gasteiger partial charge in [0.15, 0.2) is 0 Å².